The highest BCUT2D eigenvalue weighted by Gasteiger charge is 2.09. The number of anilines is 1. The first-order valence-corrected chi connectivity index (χ1v) is 8.32. The second-order valence-electron chi connectivity index (χ2n) is 5.96. The van der Waals surface area contributed by atoms with Gasteiger partial charge in [0.15, 0.2) is 0 Å². The van der Waals surface area contributed by atoms with E-state index < -0.39 is 0 Å². The van der Waals surface area contributed by atoms with E-state index in [9.17, 15) is 9.59 Å². The minimum absolute atomic E-state index is 0.154. The van der Waals surface area contributed by atoms with E-state index in [1.807, 2.05) is 36.4 Å². The lowest BCUT2D eigenvalue weighted by Gasteiger charge is -2.08. The molecule has 1 amide bonds. The van der Waals surface area contributed by atoms with Crippen LogP contribution in [0, 0.1) is 0 Å². The first-order chi connectivity index (χ1) is 12.7. The molecule has 4 aromatic rings. The summed E-state index contributed by atoms with van der Waals surface area (Å²) in [5, 5.41) is 4.39. The topological polar surface area (TPSA) is 87.7 Å². The van der Waals surface area contributed by atoms with Gasteiger partial charge in [0.2, 0.25) is 5.91 Å². The number of aryl methyl sites for hydroxylation is 1. The zero-order valence-corrected chi connectivity index (χ0v) is 13.9. The van der Waals surface area contributed by atoms with E-state index in [2.05, 4.69) is 20.3 Å². The lowest BCUT2D eigenvalue weighted by Crippen LogP contribution is -2.16. The van der Waals surface area contributed by atoms with E-state index in [0.29, 0.717) is 28.8 Å². The number of pyridine rings is 1. The molecule has 0 aliphatic rings. The zero-order chi connectivity index (χ0) is 17.9. The van der Waals surface area contributed by atoms with Gasteiger partial charge in [-0.05, 0) is 24.3 Å². The van der Waals surface area contributed by atoms with Crippen molar-refractivity contribution in [1.82, 2.24) is 15.0 Å². The molecule has 128 valence electrons. The Kier molecular flexibility index (Phi) is 4.15. The number of H-pyrrole nitrogens is 1. The van der Waals surface area contributed by atoms with Crippen molar-refractivity contribution < 1.29 is 4.79 Å². The van der Waals surface area contributed by atoms with E-state index in [1.54, 1.807) is 24.4 Å². The van der Waals surface area contributed by atoms with Crippen LogP contribution >= 0.6 is 0 Å². The minimum Gasteiger partial charge on any atom is -0.324 e. The summed E-state index contributed by atoms with van der Waals surface area (Å²) < 4.78 is 0. The molecule has 2 N–H and O–H groups in total. The fourth-order valence-electron chi connectivity index (χ4n) is 2.90. The molecule has 0 radical (unpaired) electrons. The minimum atomic E-state index is -0.190. The number of fused-ring (bicyclic) bond motifs is 2. The fraction of sp³-hybridized carbons (Fsp3) is 0.100. The van der Waals surface area contributed by atoms with Crippen LogP contribution in [0.25, 0.3) is 21.8 Å². The maximum Gasteiger partial charge on any atom is 0.258 e. The molecular formula is C20H16N4O2. The van der Waals surface area contributed by atoms with Gasteiger partial charge in [0.25, 0.3) is 5.56 Å². The van der Waals surface area contributed by atoms with E-state index in [-0.39, 0.29) is 17.9 Å². The number of aromatic amines is 1. The standard InChI is InChI=1S/C20H16N4O2/c25-18(23-16-9-3-5-13-6-4-12-21-19(13)16)11-10-17-22-15-8-2-1-7-14(15)20(26)24-17/h1-9,12H,10-11H2,(H,23,25)(H,22,24,26). The molecule has 0 bridgehead atoms. The third-order valence-electron chi connectivity index (χ3n) is 4.16. The van der Waals surface area contributed by atoms with Gasteiger partial charge in [-0.15, -0.1) is 0 Å². The van der Waals surface area contributed by atoms with Gasteiger partial charge < -0.3 is 10.3 Å². The number of nitrogens with zero attached hydrogens (tertiary/aromatic N) is 2. The van der Waals surface area contributed by atoms with Crippen molar-refractivity contribution in [3.05, 3.63) is 77.0 Å². The summed E-state index contributed by atoms with van der Waals surface area (Å²) in [4.78, 5) is 35.9. The summed E-state index contributed by atoms with van der Waals surface area (Å²) in [6.45, 7) is 0. The van der Waals surface area contributed by atoms with Gasteiger partial charge in [-0.2, -0.15) is 0 Å². The summed E-state index contributed by atoms with van der Waals surface area (Å²) in [5.41, 5.74) is 1.86. The van der Waals surface area contributed by atoms with Crippen molar-refractivity contribution in [2.24, 2.45) is 0 Å². The number of rotatable bonds is 4. The molecule has 26 heavy (non-hydrogen) atoms. The van der Waals surface area contributed by atoms with Crippen molar-refractivity contribution in [3.63, 3.8) is 0 Å². The number of aromatic nitrogens is 3. The molecule has 0 aliphatic carbocycles. The molecule has 2 aromatic carbocycles. The summed E-state index contributed by atoms with van der Waals surface area (Å²) in [7, 11) is 0. The second-order valence-corrected chi connectivity index (χ2v) is 5.96. The summed E-state index contributed by atoms with van der Waals surface area (Å²) in [6.07, 6.45) is 2.26. The van der Waals surface area contributed by atoms with Gasteiger partial charge in [0.1, 0.15) is 5.82 Å². The molecule has 4 rings (SSSR count). The normalized spacial score (nSPS) is 10.9. The third kappa shape index (κ3) is 3.17. The highest BCUT2D eigenvalue weighted by Crippen LogP contribution is 2.20. The van der Waals surface area contributed by atoms with Gasteiger partial charge in [-0.1, -0.05) is 30.3 Å². The monoisotopic (exact) mass is 344 g/mol. The summed E-state index contributed by atoms with van der Waals surface area (Å²) >= 11 is 0. The van der Waals surface area contributed by atoms with Crippen LogP contribution in [-0.2, 0) is 11.2 Å². The Balaban J connectivity index is 1.50. The first-order valence-electron chi connectivity index (χ1n) is 8.32. The summed E-state index contributed by atoms with van der Waals surface area (Å²) in [6, 6.07) is 16.6. The van der Waals surface area contributed by atoms with Crippen LogP contribution in [0.15, 0.2) is 65.6 Å². The van der Waals surface area contributed by atoms with Crippen molar-refractivity contribution >= 4 is 33.4 Å². The lowest BCUT2D eigenvalue weighted by atomic mass is 10.2. The van der Waals surface area contributed by atoms with Crippen LogP contribution in [0.2, 0.25) is 0 Å². The Morgan fingerprint density at radius 2 is 1.88 bits per heavy atom. The van der Waals surface area contributed by atoms with Crippen LogP contribution in [0.1, 0.15) is 12.2 Å². The van der Waals surface area contributed by atoms with Crippen LogP contribution in [0.3, 0.4) is 0 Å². The van der Waals surface area contributed by atoms with Crippen molar-refractivity contribution in [2.75, 3.05) is 5.32 Å². The lowest BCUT2D eigenvalue weighted by molar-refractivity contribution is -0.116. The average molecular weight is 344 g/mol. The third-order valence-corrected chi connectivity index (χ3v) is 4.16. The maximum atomic E-state index is 12.3. The predicted molar refractivity (Wildman–Crippen MR) is 101 cm³/mol. The Bertz CT molecular complexity index is 1160. The number of para-hydroxylation sites is 2. The Morgan fingerprint density at radius 3 is 2.81 bits per heavy atom. The number of benzene rings is 2. The van der Waals surface area contributed by atoms with Gasteiger partial charge in [-0.3, -0.25) is 14.6 Å². The number of hydrogen-bond donors (Lipinski definition) is 2. The molecule has 0 aliphatic heterocycles. The predicted octanol–water partition coefficient (Wildman–Crippen LogP) is 3.04. The number of nitrogens with one attached hydrogen (secondary N) is 2. The van der Waals surface area contributed by atoms with E-state index in [4.69, 9.17) is 0 Å². The number of hydrogen-bond acceptors (Lipinski definition) is 4. The molecule has 0 spiro atoms. The quantitative estimate of drug-likeness (QED) is 0.596. The van der Waals surface area contributed by atoms with E-state index in [1.165, 1.54) is 0 Å². The van der Waals surface area contributed by atoms with Crippen LogP contribution in [0.5, 0.6) is 0 Å². The highest BCUT2D eigenvalue weighted by molar-refractivity contribution is 6.00. The maximum absolute atomic E-state index is 12.3. The highest BCUT2D eigenvalue weighted by atomic mass is 16.1. The van der Waals surface area contributed by atoms with Crippen molar-refractivity contribution in [3.8, 4) is 0 Å². The largest absolute Gasteiger partial charge is 0.324 e. The van der Waals surface area contributed by atoms with Crippen LogP contribution in [-0.4, -0.2) is 20.9 Å². The molecule has 0 atom stereocenters. The molecule has 2 heterocycles. The number of carbonyl (C=O) groups is 1. The van der Waals surface area contributed by atoms with Crippen LogP contribution < -0.4 is 10.9 Å². The average Bonchev–Trinajstić information content (AvgIpc) is 2.67. The van der Waals surface area contributed by atoms with Crippen molar-refractivity contribution in [1.29, 1.82) is 0 Å². The Morgan fingerprint density at radius 1 is 1.04 bits per heavy atom. The molecular weight excluding hydrogens is 328 g/mol. The molecule has 0 saturated carbocycles. The fourth-order valence-corrected chi connectivity index (χ4v) is 2.90. The Labute approximate surface area is 148 Å². The second kappa shape index (κ2) is 6.76. The van der Waals surface area contributed by atoms with E-state index >= 15 is 0 Å². The summed E-state index contributed by atoms with van der Waals surface area (Å²) in [5.74, 6) is 0.346. The number of amides is 1. The van der Waals surface area contributed by atoms with Gasteiger partial charge in [0.05, 0.1) is 22.1 Å². The zero-order valence-electron chi connectivity index (χ0n) is 13.9. The molecule has 2 aromatic heterocycles. The molecule has 0 unspecified atom stereocenters. The number of carbonyl (C=O) groups excluding carboxylic acids is 1. The van der Waals surface area contributed by atoms with Gasteiger partial charge in [0, 0.05) is 24.4 Å². The van der Waals surface area contributed by atoms with Gasteiger partial charge >= 0.3 is 0 Å². The molecule has 0 fully saturated rings. The van der Waals surface area contributed by atoms with Crippen LogP contribution in [0.4, 0.5) is 5.69 Å². The molecule has 0 saturated heterocycles. The smallest absolute Gasteiger partial charge is 0.258 e. The Hall–Kier alpha value is -3.54. The molecule has 6 heteroatoms. The van der Waals surface area contributed by atoms with Crippen molar-refractivity contribution in [2.45, 2.75) is 12.8 Å². The van der Waals surface area contributed by atoms with Gasteiger partial charge in [-0.25, -0.2) is 4.98 Å². The van der Waals surface area contributed by atoms with E-state index in [0.717, 1.165) is 10.9 Å². The SMILES string of the molecule is O=C(CCc1nc2ccccc2c(=O)[nH]1)Nc1cccc2cccnc12. The molecule has 6 nitrogen and oxygen atoms in total. The first kappa shape index (κ1) is 16.0.